The minimum absolute atomic E-state index is 0.206. The quantitative estimate of drug-likeness (QED) is 0.473. The molecule has 4 aromatic heterocycles. The van der Waals surface area contributed by atoms with E-state index >= 15 is 0 Å². The number of carbonyl (C=O) groups excluding carboxylic acids is 1. The highest BCUT2D eigenvalue weighted by Crippen LogP contribution is 2.21. The number of hydrogen-bond acceptors (Lipinski definition) is 5. The number of amides is 1. The summed E-state index contributed by atoms with van der Waals surface area (Å²) in [6, 6.07) is 15.4. The van der Waals surface area contributed by atoms with Gasteiger partial charge in [0.2, 0.25) is 0 Å². The molecule has 0 saturated carbocycles. The van der Waals surface area contributed by atoms with Crippen LogP contribution in [0.4, 0.5) is 0 Å². The number of carbonyl (C=O) groups is 1. The maximum atomic E-state index is 12.9. The van der Waals surface area contributed by atoms with Crippen molar-refractivity contribution in [3.63, 3.8) is 0 Å². The summed E-state index contributed by atoms with van der Waals surface area (Å²) in [5, 5.41) is 16.7. The Morgan fingerprint density at radius 3 is 2.83 bits per heavy atom. The molecule has 0 aliphatic carbocycles. The van der Waals surface area contributed by atoms with Crippen LogP contribution in [0.1, 0.15) is 27.6 Å². The molecule has 1 aromatic carbocycles. The van der Waals surface area contributed by atoms with E-state index in [1.165, 1.54) is 0 Å². The van der Waals surface area contributed by atoms with E-state index in [2.05, 4.69) is 20.6 Å². The fourth-order valence-corrected chi connectivity index (χ4v) is 3.59. The van der Waals surface area contributed by atoms with E-state index < -0.39 is 0 Å². The molecule has 30 heavy (non-hydrogen) atoms. The van der Waals surface area contributed by atoms with Crippen LogP contribution >= 0.6 is 0 Å². The number of hydrogen-bond donors (Lipinski definition) is 1. The van der Waals surface area contributed by atoms with Crippen LogP contribution in [0.25, 0.3) is 16.6 Å². The first kappa shape index (κ1) is 18.1. The summed E-state index contributed by atoms with van der Waals surface area (Å²) in [7, 11) is 0. The number of furan rings is 1. The standard InChI is InChI=1S/C22H20N6O2/c1-15-16(10-13-30-15)14-28-18-7-3-2-6-17(18)21(26-28)22(29)23-11-9-20-25-24-19-8-4-5-12-27(19)20/h2-8,10,12-13H,9,11,14H2,1H3,(H,23,29). The predicted octanol–water partition coefficient (Wildman–Crippen LogP) is 3.00. The highest BCUT2D eigenvalue weighted by atomic mass is 16.3. The summed E-state index contributed by atoms with van der Waals surface area (Å²) in [6.45, 7) is 2.90. The molecular formula is C22H20N6O2. The molecule has 0 saturated heterocycles. The second-order valence-corrected chi connectivity index (χ2v) is 7.08. The third-order valence-electron chi connectivity index (χ3n) is 5.18. The van der Waals surface area contributed by atoms with Crippen molar-refractivity contribution in [2.24, 2.45) is 0 Å². The lowest BCUT2D eigenvalue weighted by Gasteiger charge is -2.03. The van der Waals surface area contributed by atoms with E-state index in [-0.39, 0.29) is 5.91 Å². The molecule has 0 unspecified atom stereocenters. The molecule has 5 rings (SSSR count). The number of para-hydroxylation sites is 1. The van der Waals surface area contributed by atoms with Gasteiger partial charge in [0.05, 0.1) is 18.3 Å². The van der Waals surface area contributed by atoms with Crippen LogP contribution in [0.2, 0.25) is 0 Å². The number of nitrogens with zero attached hydrogens (tertiary/aromatic N) is 5. The highest BCUT2D eigenvalue weighted by Gasteiger charge is 2.18. The molecule has 1 N–H and O–H groups in total. The van der Waals surface area contributed by atoms with Crippen molar-refractivity contribution in [3.8, 4) is 0 Å². The molecule has 0 aliphatic heterocycles. The van der Waals surface area contributed by atoms with Crippen molar-refractivity contribution in [2.75, 3.05) is 6.54 Å². The Morgan fingerprint density at radius 2 is 1.97 bits per heavy atom. The first-order valence-electron chi connectivity index (χ1n) is 9.76. The summed E-state index contributed by atoms with van der Waals surface area (Å²) in [5.41, 5.74) is 3.15. The Labute approximate surface area is 172 Å². The van der Waals surface area contributed by atoms with Crippen LogP contribution < -0.4 is 5.32 Å². The van der Waals surface area contributed by atoms with Crippen LogP contribution in [-0.4, -0.2) is 36.8 Å². The van der Waals surface area contributed by atoms with Crippen molar-refractivity contribution < 1.29 is 9.21 Å². The van der Waals surface area contributed by atoms with Crippen LogP contribution in [0.5, 0.6) is 0 Å². The van der Waals surface area contributed by atoms with E-state index in [0.717, 1.165) is 33.7 Å². The molecule has 0 radical (unpaired) electrons. The summed E-state index contributed by atoms with van der Waals surface area (Å²) in [5.74, 6) is 1.44. The van der Waals surface area contributed by atoms with Crippen LogP contribution in [-0.2, 0) is 13.0 Å². The lowest BCUT2D eigenvalue weighted by Crippen LogP contribution is -2.27. The molecule has 5 aromatic rings. The van der Waals surface area contributed by atoms with Crippen LogP contribution in [0, 0.1) is 6.92 Å². The van der Waals surface area contributed by atoms with E-state index in [1.54, 1.807) is 6.26 Å². The smallest absolute Gasteiger partial charge is 0.272 e. The van der Waals surface area contributed by atoms with Crippen molar-refractivity contribution in [1.29, 1.82) is 0 Å². The average molecular weight is 400 g/mol. The van der Waals surface area contributed by atoms with Gasteiger partial charge in [0, 0.05) is 30.1 Å². The average Bonchev–Trinajstić information content (AvgIpc) is 3.47. The lowest BCUT2D eigenvalue weighted by atomic mass is 10.2. The monoisotopic (exact) mass is 400 g/mol. The van der Waals surface area contributed by atoms with Gasteiger partial charge in [-0.3, -0.25) is 13.9 Å². The van der Waals surface area contributed by atoms with Crippen molar-refractivity contribution in [3.05, 3.63) is 83.8 Å². The Hall–Kier alpha value is -3.94. The van der Waals surface area contributed by atoms with Gasteiger partial charge >= 0.3 is 0 Å². The van der Waals surface area contributed by atoms with Gasteiger partial charge in [-0.25, -0.2) is 0 Å². The summed E-state index contributed by atoms with van der Waals surface area (Å²) in [6.07, 6.45) is 4.15. The van der Waals surface area contributed by atoms with Gasteiger partial charge < -0.3 is 9.73 Å². The van der Waals surface area contributed by atoms with Crippen molar-refractivity contribution in [1.82, 2.24) is 29.7 Å². The SMILES string of the molecule is Cc1occc1Cn1nc(C(=O)NCCc2nnc3ccccn23)c2ccccc21. The highest BCUT2D eigenvalue weighted by molar-refractivity contribution is 6.04. The number of fused-ring (bicyclic) bond motifs is 2. The zero-order valence-electron chi connectivity index (χ0n) is 16.4. The first-order valence-corrected chi connectivity index (χ1v) is 9.76. The Balaban J connectivity index is 1.35. The fraction of sp³-hybridized carbons (Fsp3) is 0.182. The van der Waals surface area contributed by atoms with E-state index in [0.29, 0.717) is 25.2 Å². The zero-order valence-corrected chi connectivity index (χ0v) is 16.4. The van der Waals surface area contributed by atoms with Gasteiger partial charge in [0.25, 0.3) is 5.91 Å². The topological polar surface area (TPSA) is 90.2 Å². The van der Waals surface area contributed by atoms with Crippen molar-refractivity contribution >= 4 is 22.5 Å². The number of nitrogens with one attached hydrogen (secondary N) is 1. The molecule has 8 heteroatoms. The Kier molecular flexibility index (Phi) is 4.51. The molecule has 0 spiro atoms. The van der Waals surface area contributed by atoms with Crippen LogP contribution in [0.15, 0.2) is 65.4 Å². The van der Waals surface area contributed by atoms with E-state index in [1.807, 2.05) is 70.7 Å². The van der Waals surface area contributed by atoms with Gasteiger partial charge in [0.1, 0.15) is 11.6 Å². The van der Waals surface area contributed by atoms with Gasteiger partial charge in [0.15, 0.2) is 11.3 Å². The Morgan fingerprint density at radius 1 is 1.10 bits per heavy atom. The van der Waals surface area contributed by atoms with Gasteiger partial charge in [-0.2, -0.15) is 5.10 Å². The molecule has 4 heterocycles. The molecular weight excluding hydrogens is 380 g/mol. The number of pyridine rings is 1. The molecule has 0 aliphatic rings. The van der Waals surface area contributed by atoms with Crippen molar-refractivity contribution in [2.45, 2.75) is 19.9 Å². The number of aromatic nitrogens is 5. The number of benzene rings is 1. The third-order valence-corrected chi connectivity index (χ3v) is 5.18. The Bertz CT molecular complexity index is 1350. The van der Waals surface area contributed by atoms with Gasteiger partial charge in [-0.15, -0.1) is 10.2 Å². The maximum absolute atomic E-state index is 12.9. The van der Waals surface area contributed by atoms with Crippen LogP contribution in [0.3, 0.4) is 0 Å². The minimum Gasteiger partial charge on any atom is -0.469 e. The third kappa shape index (κ3) is 3.22. The molecule has 1 amide bonds. The van der Waals surface area contributed by atoms with E-state index in [4.69, 9.17) is 4.42 Å². The predicted molar refractivity (Wildman–Crippen MR) is 111 cm³/mol. The zero-order chi connectivity index (χ0) is 20.5. The lowest BCUT2D eigenvalue weighted by molar-refractivity contribution is 0.0949. The number of aryl methyl sites for hydroxylation is 1. The number of rotatable bonds is 6. The molecule has 0 atom stereocenters. The normalized spacial score (nSPS) is 11.4. The molecule has 0 bridgehead atoms. The minimum atomic E-state index is -0.206. The van der Waals surface area contributed by atoms with E-state index in [9.17, 15) is 4.79 Å². The van der Waals surface area contributed by atoms with Gasteiger partial charge in [-0.1, -0.05) is 24.3 Å². The summed E-state index contributed by atoms with van der Waals surface area (Å²) < 4.78 is 9.15. The second kappa shape index (κ2) is 7.47. The summed E-state index contributed by atoms with van der Waals surface area (Å²) >= 11 is 0. The maximum Gasteiger partial charge on any atom is 0.272 e. The largest absolute Gasteiger partial charge is 0.469 e. The molecule has 150 valence electrons. The molecule has 8 nitrogen and oxygen atoms in total. The fourth-order valence-electron chi connectivity index (χ4n) is 3.59. The second-order valence-electron chi connectivity index (χ2n) is 7.08. The first-order chi connectivity index (χ1) is 14.7. The molecule has 0 fully saturated rings. The van der Waals surface area contributed by atoms with Gasteiger partial charge in [-0.05, 0) is 31.2 Å². The summed E-state index contributed by atoms with van der Waals surface area (Å²) in [4.78, 5) is 12.9.